The maximum atomic E-state index is 4.85. The van der Waals surface area contributed by atoms with Gasteiger partial charge in [-0.05, 0) is 20.3 Å². The molecular weight excluding hydrogens is 102 g/mol. The van der Waals surface area contributed by atoms with Gasteiger partial charge in [0.2, 0.25) is 0 Å². The summed E-state index contributed by atoms with van der Waals surface area (Å²) in [6.07, 6.45) is 2.59. The van der Waals surface area contributed by atoms with E-state index in [1.54, 1.807) is 0 Å². The first-order valence-electron chi connectivity index (χ1n) is 2.78. The Hall–Kier alpha value is -0.530. The van der Waals surface area contributed by atoms with Crippen LogP contribution in [0.25, 0.3) is 0 Å². The highest BCUT2D eigenvalue weighted by Gasteiger charge is 1.92. The summed E-state index contributed by atoms with van der Waals surface area (Å²) < 4.78 is 0. The molecule has 0 amide bonds. The molecule has 1 unspecified atom stereocenters. The van der Waals surface area contributed by atoms with Gasteiger partial charge in [-0.25, -0.2) is 0 Å². The minimum absolute atomic E-state index is 0.216. The minimum Gasteiger partial charge on any atom is -0.393 e. The zero-order chi connectivity index (χ0) is 6.41. The third-order valence-corrected chi connectivity index (χ3v) is 0.890. The van der Waals surface area contributed by atoms with Gasteiger partial charge in [-0.15, -0.1) is 0 Å². The van der Waals surface area contributed by atoms with Crippen LogP contribution < -0.4 is 0 Å². The van der Waals surface area contributed by atoms with Crippen molar-refractivity contribution in [3.05, 3.63) is 6.92 Å². The highest BCUT2D eigenvalue weighted by Crippen LogP contribution is 1.94. The van der Waals surface area contributed by atoms with Crippen LogP contribution >= 0.6 is 0 Å². The van der Waals surface area contributed by atoms with E-state index in [2.05, 4.69) is 12.1 Å². The third kappa shape index (κ3) is 3.65. The summed E-state index contributed by atoms with van der Waals surface area (Å²) in [4.78, 5) is 4.85. The maximum absolute atomic E-state index is 4.85. The molecule has 0 saturated heterocycles. The molecule has 0 aliphatic carbocycles. The van der Waals surface area contributed by atoms with E-state index in [9.17, 15) is 0 Å². The second-order valence-electron chi connectivity index (χ2n) is 1.61. The lowest BCUT2D eigenvalue weighted by Gasteiger charge is -2.03. The van der Waals surface area contributed by atoms with E-state index < -0.39 is 0 Å². The Morgan fingerprint density at radius 1 is 1.88 bits per heavy atom. The second-order valence-corrected chi connectivity index (χ2v) is 1.61. The van der Waals surface area contributed by atoms with Crippen molar-refractivity contribution in [2.24, 2.45) is 5.16 Å². The van der Waals surface area contributed by atoms with Gasteiger partial charge in [0.1, 0.15) is 6.10 Å². The van der Waals surface area contributed by atoms with Gasteiger partial charge in [0.15, 0.2) is 0 Å². The van der Waals surface area contributed by atoms with E-state index >= 15 is 0 Å². The molecule has 0 N–H and O–H groups in total. The first kappa shape index (κ1) is 7.47. The van der Waals surface area contributed by atoms with Crippen LogP contribution in [0.15, 0.2) is 5.16 Å². The second kappa shape index (κ2) is 4.62. The number of oxime groups is 1. The van der Waals surface area contributed by atoms with E-state index in [0.717, 1.165) is 6.42 Å². The molecule has 0 fully saturated rings. The van der Waals surface area contributed by atoms with Crippen molar-refractivity contribution in [3.8, 4) is 0 Å². The highest BCUT2D eigenvalue weighted by atomic mass is 16.6. The molecule has 0 aliphatic rings. The molecule has 2 nitrogen and oxygen atoms in total. The summed E-state index contributed by atoms with van der Waals surface area (Å²) in [7, 11) is 0. The smallest absolute Gasteiger partial charge is 0.124 e. The van der Waals surface area contributed by atoms with E-state index in [0.29, 0.717) is 0 Å². The monoisotopic (exact) mass is 114 g/mol. The number of nitrogens with zero attached hydrogens (tertiary/aromatic N) is 1. The number of hydrogen-bond acceptors (Lipinski definition) is 2. The summed E-state index contributed by atoms with van der Waals surface area (Å²) in [5, 5.41) is 3.51. The molecule has 1 atom stereocenters. The van der Waals surface area contributed by atoms with Gasteiger partial charge >= 0.3 is 0 Å². The average molecular weight is 114 g/mol. The molecule has 1 radical (unpaired) electrons. The molecule has 0 aromatic rings. The average Bonchev–Trinajstić information content (AvgIpc) is 1.83. The van der Waals surface area contributed by atoms with Gasteiger partial charge in [0.05, 0.1) is 0 Å². The summed E-state index contributed by atoms with van der Waals surface area (Å²) >= 11 is 0. The predicted molar refractivity (Wildman–Crippen MR) is 34.7 cm³/mol. The van der Waals surface area contributed by atoms with Crippen molar-refractivity contribution in [2.75, 3.05) is 0 Å². The summed E-state index contributed by atoms with van der Waals surface area (Å²) in [5.41, 5.74) is 0. The molecule has 2 heteroatoms. The summed E-state index contributed by atoms with van der Waals surface area (Å²) in [6, 6.07) is 0. The topological polar surface area (TPSA) is 21.6 Å². The van der Waals surface area contributed by atoms with Crippen LogP contribution in [0.3, 0.4) is 0 Å². The first-order chi connectivity index (χ1) is 3.81. The Kier molecular flexibility index (Phi) is 4.32. The molecule has 47 valence electrons. The number of hydrogen-bond donors (Lipinski definition) is 0. The van der Waals surface area contributed by atoms with Gasteiger partial charge in [-0.1, -0.05) is 12.1 Å². The SMILES string of the molecule is [CH2]C=NOC(C)CC. The predicted octanol–water partition coefficient (Wildman–Crippen LogP) is 1.62. The van der Waals surface area contributed by atoms with Gasteiger partial charge in [0.25, 0.3) is 0 Å². The normalized spacial score (nSPS) is 14.4. The van der Waals surface area contributed by atoms with Crippen molar-refractivity contribution in [2.45, 2.75) is 26.4 Å². The van der Waals surface area contributed by atoms with Crippen molar-refractivity contribution < 1.29 is 4.84 Å². The maximum Gasteiger partial charge on any atom is 0.124 e. The van der Waals surface area contributed by atoms with Crippen molar-refractivity contribution in [1.29, 1.82) is 0 Å². The highest BCUT2D eigenvalue weighted by molar-refractivity contribution is 5.60. The largest absolute Gasteiger partial charge is 0.393 e. The lowest BCUT2D eigenvalue weighted by atomic mass is 10.3. The fourth-order valence-corrected chi connectivity index (χ4v) is 0.221. The molecule has 0 rings (SSSR count). The Morgan fingerprint density at radius 3 is 2.88 bits per heavy atom. The molecule has 0 aromatic heterocycles. The van der Waals surface area contributed by atoms with Gasteiger partial charge in [-0.3, -0.25) is 0 Å². The van der Waals surface area contributed by atoms with E-state index in [1.807, 2.05) is 13.8 Å². The molecule has 8 heavy (non-hydrogen) atoms. The lowest BCUT2D eigenvalue weighted by molar-refractivity contribution is 0.0713. The van der Waals surface area contributed by atoms with E-state index in [-0.39, 0.29) is 6.10 Å². The zero-order valence-electron chi connectivity index (χ0n) is 5.42. The Morgan fingerprint density at radius 2 is 2.50 bits per heavy atom. The standard InChI is InChI=1S/C6H12NO/c1-4-6(3)8-7-5-2/h5-6H,2,4H2,1,3H3. The molecule has 0 bridgehead atoms. The minimum atomic E-state index is 0.216. The molecule has 0 aromatic carbocycles. The van der Waals surface area contributed by atoms with Crippen LogP contribution in [-0.4, -0.2) is 12.3 Å². The van der Waals surface area contributed by atoms with Crippen LogP contribution in [0, 0.1) is 6.92 Å². The number of rotatable bonds is 3. The van der Waals surface area contributed by atoms with Gasteiger partial charge in [-0.2, -0.15) is 0 Å². The third-order valence-electron chi connectivity index (χ3n) is 0.890. The van der Waals surface area contributed by atoms with Crippen LogP contribution in [0.5, 0.6) is 0 Å². The quantitative estimate of drug-likeness (QED) is 0.403. The van der Waals surface area contributed by atoms with Gasteiger partial charge in [0, 0.05) is 6.21 Å². The Labute approximate surface area is 50.5 Å². The van der Waals surface area contributed by atoms with Crippen LogP contribution in [-0.2, 0) is 4.84 Å². The molecule has 0 aliphatic heterocycles. The molecule has 0 heterocycles. The molecule has 0 saturated carbocycles. The molecule has 0 spiro atoms. The van der Waals surface area contributed by atoms with Crippen LogP contribution in [0.1, 0.15) is 20.3 Å². The van der Waals surface area contributed by atoms with E-state index in [4.69, 9.17) is 4.84 Å². The summed E-state index contributed by atoms with van der Waals surface area (Å²) in [5.74, 6) is 0. The Balaban J connectivity index is 3.10. The van der Waals surface area contributed by atoms with E-state index in [1.165, 1.54) is 6.21 Å². The van der Waals surface area contributed by atoms with Crippen molar-refractivity contribution >= 4 is 6.21 Å². The van der Waals surface area contributed by atoms with Crippen molar-refractivity contribution in [3.63, 3.8) is 0 Å². The van der Waals surface area contributed by atoms with Gasteiger partial charge < -0.3 is 4.84 Å². The Bertz CT molecular complexity index is 70.9. The first-order valence-corrected chi connectivity index (χ1v) is 2.78. The molecular formula is C6H12NO. The lowest BCUT2D eigenvalue weighted by Crippen LogP contribution is -2.00. The summed E-state index contributed by atoms with van der Waals surface area (Å²) in [6.45, 7) is 7.39. The zero-order valence-corrected chi connectivity index (χ0v) is 5.42. The van der Waals surface area contributed by atoms with Crippen LogP contribution in [0.2, 0.25) is 0 Å². The fraction of sp³-hybridized carbons (Fsp3) is 0.667. The fourth-order valence-electron chi connectivity index (χ4n) is 0.221. The van der Waals surface area contributed by atoms with Crippen molar-refractivity contribution in [1.82, 2.24) is 0 Å². The van der Waals surface area contributed by atoms with Crippen LogP contribution in [0.4, 0.5) is 0 Å².